The van der Waals surface area contributed by atoms with Crippen molar-refractivity contribution in [2.45, 2.75) is 64.1 Å². The standard InChI is InChI=1S/C16H26O5/c1-15(2,3)21-14(18)13(7-10-19-4)11-16(20-12-17)8-5-6-9-16/h11-12H,5-10H2,1-4H3. The molecule has 1 aliphatic rings. The van der Waals surface area contributed by atoms with E-state index in [1.807, 2.05) is 20.8 Å². The lowest BCUT2D eigenvalue weighted by molar-refractivity contribution is -0.151. The Balaban J connectivity index is 2.96. The lowest BCUT2D eigenvalue weighted by atomic mass is 9.97. The van der Waals surface area contributed by atoms with Gasteiger partial charge in [0.05, 0.1) is 6.61 Å². The van der Waals surface area contributed by atoms with Crippen LogP contribution in [0.1, 0.15) is 52.9 Å². The van der Waals surface area contributed by atoms with Gasteiger partial charge in [-0.25, -0.2) is 4.79 Å². The first-order valence-corrected chi connectivity index (χ1v) is 7.37. The van der Waals surface area contributed by atoms with E-state index in [-0.39, 0.29) is 5.97 Å². The molecule has 5 heteroatoms. The molecule has 1 rings (SSSR count). The predicted molar refractivity (Wildman–Crippen MR) is 78.8 cm³/mol. The number of carbonyl (C=O) groups is 2. The fourth-order valence-electron chi connectivity index (χ4n) is 2.47. The van der Waals surface area contributed by atoms with Gasteiger partial charge in [-0.2, -0.15) is 0 Å². The maximum Gasteiger partial charge on any atom is 0.334 e. The van der Waals surface area contributed by atoms with Crippen molar-refractivity contribution in [2.75, 3.05) is 13.7 Å². The normalized spacial score (nSPS) is 18.4. The van der Waals surface area contributed by atoms with Crippen LogP contribution < -0.4 is 0 Å². The molecule has 0 bridgehead atoms. The summed E-state index contributed by atoms with van der Waals surface area (Å²) in [7, 11) is 1.58. The predicted octanol–water partition coefficient (Wildman–Crippen LogP) is 2.78. The van der Waals surface area contributed by atoms with E-state index < -0.39 is 11.2 Å². The largest absolute Gasteiger partial charge is 0.457 e. The fourth-order valence-corrected chi connectivity index (χ4v) is 2.47. The third kappa shape index (κ3) is 5.87. The maximum absolute atomic E-state index is 12.3. The highest BCUT2D eigenvalue weighted by Gasteiger charge is 2.35. The van der Waals surface area contributed by atoms with Crippen LogP contribution in [0.3, 0.4) is 0 Å². The van der Waals surface area contributed by atoms with Crippen LogP contribution in [0.4, 0.5) is 0 Å². The Bertz CT molecular complexity index is 386. The number of hydrogen-bond donors (Lipinski definition) is 0. The second kappa shape index (κ2) is 7.59. The van der Waals surface area contributed by atoms with Gasteiger partial charge in [-0.15, -0.1) is 0 Å². The summed E-state index contributed by atoms with van der Waals surface area (Å²) in [5, 5.41) is 0. The van der Waals surface area contributed by atoms with E-state index in [4.69, 9.17) is 14.2 Å². The number of methoxy groups -OCH3 is 1. The maximum atomic E-state index is 12.3. The molecule has 5 nitrogen and oxygen atoms in total. The minimum atomic E-state index is -0.665. The molecule has 0 heterocycles. The molecule has 0 radical (unpaired) electrons. The first-order valence-electron chi connectivity index (χ1n) is 7.37. The van der Waals surface area contributed by atoms with Crippen molar-refractivity contribution in [3.63, 3.8) is 0 Å². The average molecular weight is 298 g/mol. The molecule has 0 amide bonds. The van der Waals surface area contributed by atoms with Crippen LogP contribution in [0, 0.1) is 0 Å². The Morgan fingerprint density at radius 3 is 2.33 bits per heavy atom. The monoisotopic (exact) mass is 298 g/mol. The van der Waals surface area contributed by atoms with E-state index in [1.54, 1.807) is 13.2 Å². The smallest absolute Gasteiger partial charge is 0.334 e. The van der Waals surface area contributed by atoms with Gasteiger partial charge in [0.25, 0.3) is 6.47 Å². The summed E-state index contributed by atoms with van der Waals surface area (Å²) >= 11 is 0. The molecule has 120 valence electrons. The summed E-state index contributed by atoms with van der Waals surface area (Å²) in [5.41, 5.74) is -0.713. The van der Waals surface area contributed by atoms with Crippen molar-refractivity contribution < 1.29 is 23.8 Å². The van der Waals surface area contributed by atoms with E-state index in [9.17, 15) is 9.59 Å². The van der Waals surface area contributed by atoms with Gasteiger partial charge in [0.2, 0.25) is 0 Å². The SMILES string of the molecule is COCCC(=CC1(OC=O)CCCC1)C(=O)OC(C)(C)C. The summed E-state index contributed by atoms with van der Waals surface area (Å²) in [6, 6.07) is 0. The van der Waals surface area contributed by atoms with Crippen LogP contribution >= 0.6 is 0 Å². The zero-order valence-electron chi connectivity index (χ0n) is 13.4. The summed E-state index contributed by atoms with van der Waals surface area (Å²) in [6.45, 7) is 6.36. The van der Waals surface area contributed by atoms with E-state index >= 15 is 0 Å². The van der Waals surface area contributed by atoms with Crippen LogP contribution in [-0.2, 0) is 23.8 Å². The molecule has 21 heavy (non-hydrogen) atoms. The zero-order chi connectivity index (χ0) is 15.9. The van der Waals surface area contributed by atoms with Gasteiger partial charge in [-0.3, -0.25) is 4.79 Å². The number of ether oxygens (including phenoxy) is 3. The Morgan fingerprint density at radius 1 is 1.24 bits per heavy atom. The second-order valence-corrected chi connectivity index (χ2v) is 6.40. The number of esters is 1. The molecule has 0 atom stereocenters. The molecule has 1 saturated carbocycles. The Labute approximate surface area is 126 Å². The van der Waals surface area contributed by atoms with Crippen molar-refractivity contribution in [3.8, 4) is 0 Å². The van der Waals surface area contributed by atoms with Crippen LogP contribution in [0.2, 0.25) is 0 Å². The van der Waals surface area contributed by atoms with E-state index in [0.29, 0.717) is 25.1 Å². The van der Waals surface area contributed by atoms with Crippen LogP contribution in [0.25, 0.3) is 0 Å². The van der Waals surface area contributed by atoms with Gasteiger partial charge in [0.1, 0.15) is 11.2 Å². The molecule has 0 spiro atoms. The number of carbonyl (C=O) groups excluding carboxylic acids is 2. The van der Waals surface area contributed by atoms with Crippen molar-refractivity contribution in [1.82, 2.24) is 0 Å². The Morgan fingerprint density at radius 2 is 1.86 bits per heavy atom. The summed E-state index contributed by atoms with van der Waals surface area (Å²) in [4.78, 5) is 23.1. The van der Waals surface area contributed by atoms with Gasteiger partial charge in [-0.05, 0) is 52.5 Å². The van der Waals surface area contributed by atoms with Gasteiger partial charge in [-0.1, -0.05) is 0 Å². The molecule has 0 aliphatic heterocycles. The van der Waals surface area contributed by atoms with Gasteiger partial charge >= 0.3 is 5.97 Å². The first-order chi connectivity index (χ1) is 9.82. The molecule has 0 saturated heterocycles. The zero-order valence-corrected chi connectivity index (χ0v) is 13.4. The number of rotatable bonds is 7. The van der Waals surface area contributed by atoms with Gasteiger partial charge < -0.3 is 14.2 Å². The number of hydrogen-bond acceptors (Lipinski definition) is 5. The van der Waals surface area contributed by atoms with Crippen LogP contribution in [-0.4, -0.2) is 37.4 Å². The lowest BCUT2D eigenvalue weighted by Crippen LogP contribution is -2.30. The van der Waals surface area contributed by atoms with Crippen LogP contribution in [0.15, 0.2) is 11.6 Å². The van der Waals surface area contributed by atoms with Crippen molar-refractivity contribution in [3.05, 3.63) is 11.6 Å². The second-order valence-electron chi connectivity index (χ2n) is 6.40. The topological polar surface area (TPSA) is 61.8 Å². The van der Waals surface area contributed by atoms with E-state index in [1.165, 1.54) is 0 Å². The molecule has 0 N–H and O–H groups in total. The van der Waals surface area contributed by atoms with Gasteiger partial charge in [0.15, 0.2) is 0 Å². The van der Waals surface area contributed by atoms with Crippen molar-refractivity contribution in [1.29, 1.82) is 0 Å². The Kier molecular flexibility index (Phi) is 6.40. The van der Waals surface area contributed by atoms with E-state index in [0.717, 1.165) is 25.7 Å². The van der Waals surface area contributed by atoms with Crippen molar-refractivity contribution in [2.24, 2.45) is 0 Å². The molecule has 0 aromatic rings. The summed E-state index contributed by atoms with van der Waals surface area (Å²) < 4.78 is 15.8. The Hall–Kier alpha value is -1.36. The molecule has 0 aromatic heterocycles. The highest BCUT2D eigenvalue weighted by atomic mass is 16.6. The van der Waals surface area contributed by atoms with Gasteiger partial charge in [0, 0.05) is 19.1 Å². The third-order valence-electron chi connectivity index (χ3n) is 3.41. The molecule has 1 aliphatic carbocycles. The minimum absolute atomic E-state index is 0.375. The molecule has 0 aromatic carbocycles. The molecular weight excluding hydrogens is 272 g/mol. The lowest BCUT2D eigenvalue weighted by Gasteiger charge is -2.26. The van der Waals surface area contributed by atoms with Crippen molar-refractivity contribution >= 4 is 12.4 Å². The third-order valence-corrected chi connectivity index (χ3v) is 3.41. The molecule has 0 unspecified atom stereocenters. The quantitative estimate of drug-likeness (QED) is 0.411. The van der Waals surface area contributed by atoms with E-state index in [2.05, 4.69) is 0 Å². The minimum Gasteiger partial charge on any atom is -0.457 e. The highest BCUT2D eigenvalue weighted by Crippen LogP contribution is 2.35. The summed E-state index contributed by atoms with van der Waals surface area (Å²) in [6.07, 6.45) is 5.65. The summed E-state index contributed by atoms with van der Waals surface area (Å²) in [5.74, 6) is -0.375. The average Bonchev–Trinajstić information content (AvgIpc) is 2.81. The molecular formula is C16H26O5. The fraction of sp³-hybridized carbons (Fsp3) is 0.750. The van der Waals surface area contributed by atoms with Crippen LogP contribution in [0.5, 0.6) is 0 Å². The first kappa shape index (κ1) is 17.7. The highest BCUT2D eigenvalue weighted by molar-refractivity contribution is 5.89. The molecule has 1 fully saturated rings.